The second-order valence-corrected chi connectivity index (χ2v) is 6.33. The quantitative estimate of drug-likeness (QED) is 0.862. The van der Waals surface area contributed by atoms with Crippen LogP contribution in [0.5, 0.6) is 0 Å². The van der Waals surface area contributed by atoms with E-state index in [1.807, 2.05) is 6.20 Å². The summed E-state index contributed by atoms with van der Waals surface area (Å²) in [5, 5.41) is 4.78. The van der Waals surface area contributed by atoms with Crippen molar-refractivity contribution in [1.29, 1.82) is 0 Å². The summed E-state index contributed by atoms with van der Waals surface area (Å²) in [6.45, 7) is 1.08. The van der Waals surface area contributed by atoms with Crippen molar-refractivity contribution in [2.45, 2.75) is 32.1 Å². The molecular weight excluding hydrogens is 300 g/mol. The van der Waals surface area contributed by atoms with Crippen molar-refractivity contribution in [1.82, 2.24) is 4.98 Å². The fourth-order valence-corrected chi connectivity index (χ4v) is 3.27. The second kappa shape index (κ2) is 5.91. The first-order chi connectivity index (χ1) is 9.33. The van der Waals surface area contributed by atoms with Crippen LogP contribution in [0.1, 0.15) is 32.1 Å². The number of halogens is 1. The second-order valence-electron chi connectivity index (χ2n) is 5.42. The molecule has 0 unspecified atom stereocenters. The third kappa shape index (κ3) is 3.08. The molecule has 0 amide bonds. The maximum atomic E-state index is 4.54. The van der Waals surface area contributed by atoms with Crippen LogP contribution in [0, 0.1) is 5.92 Å². The molecule has 1 aliphatic rings. The van der Waals surface area contributed by atoms with Crippen molar-refractivity contribution >= 4 is 32.5 Å². The summed E-state index contributed by atoms with van der Waals surface area (Å²) in [5.74, 6) is 0.833. The van der Waals surface area contributed by atoms with Gasteiger partial charge in [0.1, 0.15) is 0 Å². The van der Waals surface area contributed by atoms with Gasteiger partial charge in [0, 0.05) is 22.6 Å². The van der Waals surface area contributed by atoms with Crippen LogP contribution in [0.25, 0.3) is 10.9 Å². The molecule has 1 aromatic carbocycles. The van der Waals surface area contributed by atoms with Crippen molar-refractivity contribution in [2.24, 2.45) is 5.92 Å². The summed E-state index contributed by atoms with van der Waals surface area (Å²) in [6.07, 6.45) is 8.82. The predicted molar refractivity (Wildman–Crippen MR) is 84.5 cm³/mol. The first kappa shape index (κ1) is 12.9. The highest BCUT2D eigenvalue weighted by molar-refractivity contribution is 9.10. The zero-order chi connectivity index (χ0) is 13.1. The number of hydrogen-bond donors (Lipinski definition) is 1. The van der Waals surface area contributed by atoms with Gasteiger partial charge < -0.3 is 5.32 Å². The van der Waals surface area contributed by atoms with Gasteiger partial charge in [-0.05, 0) is 46.8 Å². The van der Waals surface area contributed by atoms with E-state index in [9.17, 15) is 0 Å². The Kier molecular flexibility index (Phi) is 4.02. The third-order valence-corrected chi connectivity index (χ3v) is 4.42. The number of fused-ring (bicyclic) bond motifs is 1. The van der Waals surface area contributed by atoms with Crippen LogP contribution < -0.4 is 5.32 Å². The zero-order valence-corrected chi connectivity index (χ0v) is 12.6. The monoisotopic (exact) mass is 318 g/mol. The molecule has 1 fully saturated rings. The molecule has 0 saturated heterocycles. The topological polar surface area (TPSA) is 24.9 Å². The number of pyridine rings is 1. The fourth-order valence-electron chi connectivity index (χ4n) is 2.92. The minimum Gasteiger partial charge on any atom is -0.383 e. The van der Waals surface area contributed by atoms with Gasteiger partial charge in [-0.15, -0.1) is 0 Å². The van der Waals surface area contributed by atoms with E-state index in [-0.39, 0.29) is 0 Å². The van der Waals surface area contributed by atoms with Gasteiger partial charge >= 0.3 is 0 Å². The minimum absolute atomic E-state index is 0.833. The number of aromatic nitrogens is 1. The standard InChI is InChI=1S/C16H19BrN2/c17-14-9-13-7-4-8-15(16(13)19-11-14)18-10-12-5-2-1-3-6-12/h4,7-9,11-12,18H,1-3,5-6,10H2. The van der Waals surface area contributed by atoms with Gasteiger partial charge in [-0.3, -0.25) is 4.98 Å². The molecule has 0 bridgehead atoms. The molecule has 100 valence electrons. The average Bonchev–Trinajstić information content (AvgIpc) is 2.45. The van der Waals surface area contributed by atoms with Crippen molar-refractivity contribution in [2.75, 3.05) is 11.9 Å². The molecule has 2 nitrogen and oxygen atoms in total. The van der Waals surface area contributed by atoms with E-state index in [1.54, 1.807) is 0 Å². The lowest BCUT2D eigenvalue weighted by Crippen LogP contribution is -2.17. The molecule has 1 aromatic heterocycles. The minimum atomic E-state index is 0.833. The molecule has 1 saturated carbocycles. The zero-order valence-electron chi connectivity index (χ0n) is 11.0. The molecule has 3 heteroatoms. The maximum absolute atomic E-state index is 4.54. The Balaban J connectivity index is 1.76. The van der Waals surface area contributed by atoms with Crippen molar-refractivity contribution < 1.29 is 0 Å². The number of anilines is 1. The van der Waals surface area contributed by atoms with Crippen LogP contribution in [0.4, 0.5) is 5.69 Å². The number of rotatable bonds is 3. The van der Waals surface area contributed by atoms with E-state index < -0.39 is 0 Å². The van der Waals surface area contributed by atoms with E-state index in [0.717, 1.165) is 28.1 Å². The summed E-state index contributed by atoms with van der Waals surface area (Å²) < 4.78 is 1.03. The van der Waals surface area contributed by atoms with Gasteiger partial charge in [-0.1, -0.05) is 31.4 Å². The molecule has 0 atom stereocenters. The molecule has 19 heavy (non-hydrogen) atoms. The Morgan fingerprint density at radius 3 is 2.89 bits per heavy atom. The lowest BCUT2D eigenvalue weighted by Gasteiger charge is -2.22. The van der Waals surface area contributed by atoms with E-state index in [0.29, 0.717) is 0 Å². The summed E-state index contributed by atoms with van der Waals surface area (Å²) in [6, 6.07) is 8.46. The van der Waals surface area contributed by atoms with Crippen molar-refractivity contribution in [3.05, 3.63) is 34.9 Å². The van der Waals surface area contributed by atoms with Crippen LogP contribution in [-0.4, -0.2) is 11.5 Å². The fraction of sp³-hybridized carbons (Fsp3) is 0.438. The number of nitrogens with one attached hydrogen (secondary N) is 1. The normalized spacial score (nSPS) is 16.7. The van der Waals surface area contributed by atoms with Gasteiger partial charge in [0.15, 0.2) is 0 Å². The Morgan fingerprint density at radius 2 is 2.05 bits per heavy atom. The molecule has 0 radical (unpaired) electrons. The first-order valence-corrected chi connectivity index (χ1v) is 7.90. The summed E-state index contributed by atoms with van der Waals surface area (Å²) >= 11 is 3.48. The average molecular weight is 319 g/mol. The number of benzene rings is 1. The van der Waals surface area contributed by atoms with E-state index in [2.05, 4.69) is 50.5 Å². The molecule has 0 spiro atoms. The maximum Gasteiger partial charge on any atom is 0.0934 e. The van der Waals surface area contributed by atoms with Gasteiger partial charge in [0.2, 0.25) is 0 Å². The highest BCUT2D eigenvalue weighted by atomic mass is 79.9. The molecule has 1 N–H and O–H groups in total. The summed E-state index contributed by atoms with van der Waals surface area (Å²) in [5.41, 5.74) is 2.23. The number of hydrogen-bond acceptors (Lipinski definition) is 2. The molecule has 0 aliphatic heterocycles. The van der Waals surface area contributed by atoms with E-state index in [4.69, 9.17) is 0 Å². The van der Waals surface area contributed by atoms with Gasteiger partial charge in [-0.25, -0.2) is 0 Å². The molecule has 3 rings (SSSR count). The van der Waals surface area contributed by atoms with Crippen LogP contribution in [0.3, 0.4) is 0 Å². The van der Waals surface area contributed by atoms with Gasteiger partial charge in [0.05, 0.1) is 11.2 Å². The largest absolute Gasteiger partial charge is 0.383 e. The lowest BCUT2D eigenvalue weighted by atomic mass is 9.89. The highest BCUT2D eigenvalue weighted by Gasteiger charge is 2.13. The van der Waals surface area contributed by atoms with E-state index in [1.165, 1.54) is 37.5 Å². The Labute approximate surface area is 122 Å². The number of para-hydroxylation sites is 1. The van der Waals surface area contributed by atoms with Crippen molar-refractivity contribution in [3.8, 4) is 0 Å². The van der Waals surface area contributed by atoms with Crippen molar-refractivity contribution in [3.63, 3.8) is 0 Å². The lowest BCUT2D eigenvalue weighted by molar-refractivity contribution is 0.373. The molecule has 2 aromatic rings. The highest BCUT2D eigenvalue weighted by Crippen LogP contribution is 2.27. The third-order valence-electron chi connectivity index (χ3n) is 3.98. The summed E-state index contributed by atoms with van der Waals surface area (Å²) in [4.78, 5) is 4.54. The Hall–Kier alpha value is -1.09. The van der Waals surface area contributed by atoms with Crippen LogP contribution in [0.2, 0.25) is 0 Å². The summed E-state index contributed by atoms with van der Waals surface area (Å²) in [7, 11) is 0. The van der Waals surface area contributed by atoms with Crippen LogP contribution >= 0.6 is 15.9 Å². The number of nitrogens with zero attached hydrogens (tertiary/aromatic N) is 1. The SMILES string of the molecule is Brc1cnc2c(NCC3CCCCC3)cccc2c1. The Bertz CT molecular complexity index is 562. The smallest absolute Gasteiger partial charge is 0.0934 e. The van der Waals surface area contributed by atoms with Gasteiger partial charge in [-0.2, -0.15) is 0 Å². The van der Waals surface area contributed by atoms with Crippen LogP contribution in [0.15, 0.2) is 34.9 Å². The Morgan fingerprint density at radius 1 is 1.21 bits per heavy atom. The first-order valence-electron chi connectivity index (χ1n) is 7.11. The molecule has 1 aliphatic carbocycles. The molecular formula is C16H19BrN2. The van der Waals surface area contributed by atoms with E-state index >= 15 is 0 Å². The van der Waals surface area contributed by atoms with Crippen LogP contribution in [-0.2, 0) is 0 Å². The predicted octanol–water partition coefficient (Wildman–Crippen LogP) is 4.99. The molecule has 1 heterocycles. The van der Waals surface area contributed by atoms with Gasteiger partial charge in [0.25, 0.3) is 0 Å².